The highest BCUT2D eigenvalue weighted by Crippen LogP contribution is 2.24. The Morgan fingerprint density at radius 2 is 2.11 bits per heavy atom. The molecule has 19 heavy (non-hydrogen) atoms. The minimum atomic E-state index is -0.254. The Morgan fingerprint density at radius 1 is 1.32 bits per heavy atom. The van der Waals surface area contributed by atoms with E-state index in [-0.39, 0.29) is 5.91 Å². The molecule has 3 N–H and O–H groups in total. The topological polar surface area (TPSA) is 77.2 Å². The minimum absolute atomic E-state index is 0.254. The van der Waals surface area contributed by atoms with Gasteiger partial charge in [-0.2, -0.15) is 0 Å². The molecule has 0 radical (unpaired) electrons. The van der Waals surface area contributed by atoms with Crippen molar-refractivity contribution in [2.75, 3.05) is 18.2 Å². The van der Waals surface area contributed by atoms with Crippen molar-refractivity contribution in [3.05, 3.63) is 47.8 Å². The van der Waals surface area contributed by atoms with Crippen molar-refractivity contribution < 1.29 is 9.53 Å². The third-order valence-corrected chi connectivity index (χ3v) is 2.65. The number of nitrogens with zero attached hydrogens (tertiary/aromatic N) is 1. The lowest BCUT2D eigenvalue weighted by molar-refractivity contribution is 0.102. The molecular weight excluding hydrogens is 242 g/mol. The number of hydrogen-bond donors (Lipinski definition) is 2. The molecule has 1 aromatic carbocycles. The molecule has 0 spiro atoms. The molecule has 0 saturated heterocycles. The van der Waals surface area contributed by atoms with Gasteiger partial charge in [0.15, 0.2) is 0 Å². The van der Waals surface area contributed by atoms with Crippen LogP contribution < -0.4 is 15.8 Å². The molecule has 2 rings (SSSR count). The zero-order valence-corrected chi connectivity index (χ0v) is 10.8. The van der Waals surface area contributed by atoms with E-state index in [1.165, 1.54) is 6.20 Å². The van der Waals surface area contributed by atoms with E-state index < -0.39 is 0 Å². The molecule has 0 unspecified atom stereocenters. The Hall–Kier alpha value is -2.56. The van der Waals surface area contributed by atoms with Gasteiger partial charge < -0.3 is 15.8 Å². The number of pyridine rings is 1. The highest BCUT2D eigenvalue weighted by Gasteiger charge is 2.09. The van der Waals surface area contributed by atoms with Crippen molar-refractivity contribution in [2.45, 2.75) is 6.92 Å². The number of nitrogens with two attached hydrogens (primary N) is 1. The van der Waals surface area contributed by atoms with Crippen LogP contribution in [0.3, 0.4) is 0 Å². The molecule has 0 bridgehead atoms. The largest absolute Gasteiger partial charge is 0.497 e. The van der Waals surface area contributed by atoms with Crippen LogP contribution in [-0.4, -0.2) is 18.0 Å². The van der Waals surface area contributed by atoms with Crippen molar-refractivity contribution in [1.29, 1.82) is 0 Å². The molecule has 98 valence electrons. The number of benzene rings is 1. The molecule has 0 atom stereocenters. The van der Waals surface area contributed by atoms with Crippen LogP contribution in [0.25, 0.3) is 0 Å². The Kier molecular flexibility index (Phi) is 3.66. The number of anilines is 2. The van der Waals surface area contributed by atoms with Crippen molar-refractivity contribution >= 4 is 17.3 Å². The minimum Gasteiger partial charge on any atom is -0.497 e. The lowest BCUT2D eigenvalue weighted by Crippen LogP contribution is -2.13. The molecule has 0 saturated carbocycles. The number of carbonyl (C=O) groups excluding carboxylic acids is 1. The van der Waals surface area contributed by atoms with Gasteiger partial charge in [-0.15, -0.1) is 0 Å². The van der Waals surface area contributed by atoms with E-state index in [2.05, 4.69) is 10.3 Å². The van der Waals surface area contributed by atoms with Crippen molar-refractivity contribution in [1.82, 2.24) is 4.98 Å². The molecule has 5 nitrogen and oxygen atoms in total. The number of hydrogen-bond acceptors (Lipinski definition) is 4. The number of carbonyl (C=O) groups is 1. The normalized spacial score (nSPS) is 10.0. The second-order valence-corrected chi connectivity index (χ2v) is 4.16. The second-order valence-electron chi connectivity index (χ2n) is 4.16. The van der Waals surface area contributed by atoms with Gasteiger partial charge in [0.05, 0.1) is 24.0 Å². The standard InChI is InChI=1S/C14H15N3O2/c1-9-5-10(8-16-7-9)14(18)17-13-6-11(19-2)3-4-12(13)15/h3-8H,15H2,1-2H3,(H,17,18). The van der Waals surface area contributed by atoms with Crippen LogP contribution in [0.2, 0.25) is 0 Å². The first-order chi connectivity index (χ1) is 9.10. The Morgan fingerprint density at radius 3 is 2.79 bits per heavy atom. The van der Waals surface area contributed by atoms with Gasteiger partial charge in [0.1, 0.15) is 5.75 Å². The van der Waals surface area contributed by atoms with Gasteiger partial charge >= 0.3 is 0 Å². The van der Waals surface area contributed by atoms with E-state index in [0.717, 1.165) is 5.56 Å². The maximum absolute atomic E-state index is 12.1. The van der Waals surface area contributed by atoms with E-state index in [1.54, 1.807) is 37.6 Å². The Labute approximate surface area is 111 Å². The highest BCUT2D eigenvalue weighted by atomic mass is 16.5. The van der Waals surface area contributed by atoms with Gasteiger partial charge in [-0.1, -0.05) is 0 Å². The molecule has 0 aliphatic rings. The number of methoxy groups -OCH3 is 1. The van der Waals surface area contributed by atoms with Gasteiger partial charge in [-0.3, -0.25) is 9.78 Å². The first kappa shape index (κ1) is 12.9. The summed E-state index contributed by atoms with van der Waals surface area (Å²) in [6.07, 6.45) is 3.20. The van der Waals surface area contributed by atoms with E-state index in [0.29, 0.717) is 22.7 Å². The first-order valence-corrected chi connectivity index (χ1v) is 5.76. The van der Waals surface area contributed by atoms with E-state index in [4.69, 9.17) is 10.5 Å². The molecule has 1 amide bonds. The lowest BCUT2D eigenvalue weighted by atomic mass is 10.2. The van der Waals surface area contributed by atoms with E-state index in [9.17, 15) is 4.79 Å². The molecule has 0 aliphatic heterocycles. The summed E-state index contributed by atoms with van der Waals surface area (Å²) in [5, 5.41) is 2.74. The third-order valence-electron chi connectivity index (χ3n) is 2.65. The quantitative estimate of drug-likeness (QED) is 0.827. The van der Waals surface area contributed by atoms with Crippen LogP contribution in [0.4, 0.5) is 11.4 Å². The predicted molar refractivity (Wildman–Crippen MR) is 74.3 cm³/mol. The van der Waals surface area contributed by atoms with Gasteiger partial charge in [0.2, 0.25) is 0 Å². The second kappa shape index (κ2) is 5.39. The van der Waals surface area contributed by atoms with Crippen molar-refractivity contribution in [3.63, 3.8) is 0 Å². The molecular formula is C14H15N3O2. The smallest absolute Gasteiger partial charge is 0.257 e. The van der Waals surface area contributed by atoms with Crippen LogP contribution in [-0.2, 0) is 0 Å². The SMILES string of the molecule is COc1ccc(N)c(NC(=O)c2cncc(C)c2)c1. The Balaban J connectivity index is 2.23. The summed E-state index contributed by atoms with van der Waals surface area (Å²) in [5.74, 6) is 0.378. The number of aryl methyl sites for hydroxylation is 1. The fourth-order valence-electron chi connectivity index (χ4n) is 1.64. The highest BCUT2D eigenvalue weighted by molar-refractivity contribution is 6.05. The summed E-state index contributed by atoms with van der Waals surface area (Å²) < 4.78 is 5.10. The van der Waals surface area contributed by atoms with Crippen LogP contribution in [0, 0.1) is 6.92 Å². The predicted octanol–water partition coefficient (Wildman–Crippen LogP) is 2.23. The molecule has 0 fully saturated rings. The van der Waals surface area contributed by atoms with Crippen LogP contribution in [0.1, 0.15) is 15.9 Å². The summed E-state index contributed by atoms with van der Waals surface area (Å²) in [4.78, 5) is 16.1. The van der Waals surface area contributed by atoms with E-state index in [1.807, 2.05) is 6.92 Å². The maximum atomic E-state index is 12.1. The zero-order valence-electron chi connectivity index (χ0n) is 10.8. The maximum Gasteiger partial charge on any atom is 0.257 e. The summed E-state index contributed by atoms with van der Waals surface area (Å²) in [6, 6.07) is 6.86. The number of ether oxygens (including phenoxy) is 1. The van der Waals surface area contributed by atoms with Gasteiger partial charge in [0.25, 0.3) is 5.91 Å². The van der Waals surface area contributed by atoms with Crippen LogP contribution >= 0.6 is 0 Å². The van der Waals surface area contributed by atoms with Gasteiger partial charge in [-0.05, 0) is 30.7 Å². The molecule has 2 aromatic rings. The summed E-state index contributed by atoms with van der Waals surface area (Å²) >= 11 is 0. The fraction of sp³-hybridized carbons (Fsp3) is 0.143. The molecule has 5 heteroatoms. The van der Waals surface area contributed by atoms with Gasteiger partial charge in [-0.25, -0.2) is 0 Å². The molecule has 0 aliphatic carbocycles. The monoisotopic (exact) mass is 257 g/mol. The average molecular weight is 257 g/mol. The van der Waals surface area contributed by atoms with Crippen molar-refractivity contribution in [3.8, 4) is 5.75 Å². The Bertz CT molecular complexity index is 611. The number of amides is 1. The first-order valence-electron chi connectivity index (χ1n) is 5.76. The van der Waals surface area contributed by atoms with Crippen LogP contribution in [0.15, 0.2) is 36.7 Å². The average Bonchev–Trinajstić information content (AvgIpc) is 2.41. The number of rotatable bonds is 3. The fourth-order valence-corrected chi connectivity index (χ4v) is 1.64. The summed E-state index contributed by atoms with van der Waals surface area (Å²) in [6.45, 7) is 1.88. The molecule has 1 aromatic heterocycles. The zero-order chi connectivity index (χ0) is 13.8. The lowest BCUT2D eigenvalue weighted by Gasteiger charge is -2.10. The number of aromatic nitrogens is 1. The van der Waals surface area contributed by atoms with E-state index >= 15 is 0 Å². The summed E-state index contributed by atoms with van der Waals surface area (Å²) in [5.41, 5.74) is 8.23. The van der Waals surface area contributed by atoms with Gasteiger partial charge in [0, 0.05) is 18.5 Å². The third kappa shape index (κ3) is 3.01. The molecule has 1 heterocycles. The number of nitrogens with one attached hydrogen (secondary N) is 1. The van der Waals surface area contributed by atoms with Crippen LogP contribution in [0.5, 0.6) is 5.75 Å². The number of nitrogen functional groups attached to an aromatic ring is 1. The van der Waals surface area contributed by atoms with Crippen molar-refractivity contribution in [2.24, 2.45) is 0 Å². The summed E-state index contributed by atoms with van der Waals surface area (Å²) in [7, 11) is 1.56.